The first-order valence-electron chi connectivity index (χ1n) is 19.1. The number of hydrogen-bond donors (Lipinski definition) is 0. The van der Waals surface area contributed by atoms with E-state index in [1.807, 2.05) is 6.21 Å². The molecule has 3 aliphatic heterocycles. The lowest BCUT2D eigenvalue weighted by molar-refractivity contribution is 0.0710. The summed E-state index contributed by atoms with van der Waals surface area (Å²) in [6.07, 6.45) is 28.1. The van der Waals surface area contributed by atoms with Crippen LogP contribution in [-0.2, 0) is 10.2 Å². The van der Waals surface area contributed by atoms with Gasteiger partial charge in [0.15, 0.2) is 0 Å². The van der Waals surface area contributed by atoms with Crippen LogP contribution in [0.5, 0.6) is 11.5 Å². The molecule has 0 amide bonds. The molecule has 4 atom stereocenters. The number of fused-ring (bicyclic) bond motifs is 11. The maximum absolute atomic E-state index is 7.24. The molecule has 4 heteroatoms. The minimum Gasteiger partial charge on any atom is -0.485 e. The normalized spacial score (nSPS) is 25.6. The van der Waals surface area contributed by atoms with E-state index in [1.165, 1.54) is 56.1 Å². The number of nitrogens with zero attached hydrogens (tertiary/aromatic N) is 2. The summed E-state index contributed by atoms with van der Waals surface area (Å²) in [5.41, 5.74) is 10.3. The van der Waals surface area contributed by atoms with Crippen LogP contribution in [0.2, 0.25) is 0 Å². The van der Waals surface area contributed by atoms with Gasteiger partial charge in [-0.2, -0.15) is 0 Å². The molecule has 0 saturated carbocycles. The van der Waals surface area contributed by atoms with Crippen molar-refractivity contribution in [3.05, 3.63) is 167 Å². The zero-order valence-electron chi connectivity index (χ0n) is 29.2. The maximum atomic E-state index is 7.24. The fourth-order valence-corrected chi connectivity index (χ4v) is 10.0. The number of aliphatic imine (C=N–C) groups is 1. The first-order valence-corrected chi connectivity index (χ1v) is 19.1. The van der Waals surface area contributed by atoms with Gasteiger partial charge in [-0.05, 0) is 80.9 Å². The number of aromatic nitrogens is 1. The standard InChI is InChI=1S/C48H40N2O2/c1-2-13-33(14-3-1)50-42-21-7-4-15-35(42)36-26-24-31(29-43(36)50)34-16-12-19-40-47(34)52-45-23-9-6-18-38(45)48(40)37-17-5-8-22-44(37)51-46-30-32(25-27-39(46)48)41-20-10-11-28-49-41/h2,4-5,7-8,12-13,15-30,33,40,47H,1,3,6,9-11,14H2. The SMILES string of the molecule is C1=CC2C(OC3=CCCC=C3C23c2ccccc2Oc2cc(C4=CCCC=N4)ccc23)C(c2ccc3c4ccccc4n(C4C=CCCC4)c3c2)=C1. The van der Waals surface area contributed by atoms with Crippen molar-refractivity contribution < 1.29 is 9.47 Å². The average Bonchev–Trinajstić information content (AvgIpc) is 3.54. The Morgan fingerprint density at radius 3 is 2.48 bits per heavy atom. The first kappa shape index (κ1) is 30.1. The van der Waals surface area contributed by atoms with Crippen LogP contribution in [0, 0.1) is 5.92 Å². The molecular formula is C48H40N2O2. The van der Waals surface area contributed by atoms with E-state index in [-0.39, 0.29) is 12.0 Å². The van der Waals surface area contributed by atoms with Gasteiger partial charge < -0.3 is 14.0 Å². The number of hydrogen-bond acceptors (Lipinski definition) is 3. The van der Waals surface area contributed by atoms with Crippen molar-refractivity contribution in [3.8, 4) is 11.5 Å². The molecule has 0 N–H and O–H groups in total. The molecular weight excluding hydrogens is 637 g/mol. The van der Waals surface area contributed by atoms with Gasteiger partial charge >= 0.3 is 0 Å². The molecule has 0 radical (unpaired) electrons. The third kappa shape index (κ3) is 4.30. The summed E-state index contributed by atoms with van der Waals surface area (Å²) in [6, 6.07) is 31.8. The highest BCUT2D eigenvalue weighted by Crippen LogP contribution is 2.63. The molecule has 4 aromatic carbocycles. The van der Waals surface area contributed by atoms with E-state index in [1.54, 1.807) is 0 Å². The van der Waals surface area contributed by atoms with E-state index in [4.69, 9.17) is 14.5 Å². The summed E-state index contributed by atoms with van der Waals surface area (Å²) in [4.78, 5) is 4.76. The fraction of sp³-hybridized carbons (Fsp3) is 0.229. The van der Waals surface area contributed by atoms with Crippen molar-refractivity contribution in [3.63, 3.8) is 0 Å². The second kappa shape index (κ2) is 11.7. The summed E-state index contributed by atoms with van der Waals surface area (Å²) >= 11 is 0. The lowest BCUT2D eigenvalue weighted by Gasteiger charge is -2.54. The predicted octanol–water partition coefficient (Wildman–Crippen LogP) is 11.9. The molecule has 254 valence electrons. The summed E-state index contributed by atoms with van der Waals surface area (Å²) in [5.74, 6) is 2.82. The third-order valence-corrected chi connectivity index (χ3v) is 12.2. The van der Waals surface area contributed by atoms with E-state index >= 15 is 0 Å². The lowest BCUT2D eigenvalue weighted by Crippen LogP contribution is -2.51. The molecule has 5 aromatic rings. The molecule has 3 aliphatic carbocycles. The Morgan fingerprint density at radius 1 is 0.712 bits per heavy atom. The van der Waals surface area contributed by atoms with Gasteiger partial charge in [-0.25, -0.2) is 0 Å². The van der Waals surface area contributed by atoms with Crippen molar-refractivity contribution in [1.82, 2.24) is 4.57 Å². The van der Waals surface area contributed by atoms with Crippen molar-refractivity contribution in [2.45, 2.75) is 62.5 Å². The Morgan fingerprint density at radius 2 is 1.56 bits per heavy atom. The molecule has 1 saturated heterocycles. The summed E-state index contributed by atoms with van der Waals surface area (Å²) in [6.45, 7) is 0. The van der Waals surface area contributed by atoms with Crippen LogP contribution < -0.4 is 4.74 Å². The van der Waals surface area contributed by atoms with Gasteiger partial charge in [0.1, 0.15) is 23.4 Å². The minimum atomic E-state index is -0.496. The smallest absolute Gasteiger partial charge is 0.132 e. The monoisotopic (exact) mass is 676 g/mol. The van der Waals surface area contributed by atoms with Crippen molar-refractivity contribution in [2.24, 2.45) is 10.9 Å². The molecule has 6 aliphatic rings. The highest BCUT2D eigenvalue weighted by atomic mass is 16.5. The van der Waals surface area contributed by atoms with Crippen LogP contribution in [0.15, 0.2) is 150 Å². The zero-order valence-corrected chi connectivity index (χ0v) is 29.2. The maximum Gasteiger partial charge on any atom is 0.132 e. The summed E-state index contributed by atoms with van der Waals surface area (Å²) in [7, 11) is 0. The zero-order chi connectivity index (χ0) is 34.2. The quantitative estimate of drug-likeness (QED) is 0.178. The molecule has 52 heavy (non-hydrogen) atoms. The highest BCUT2D eigenvalue weighted by molar-refractivity contribution is 6.09. The lowest BCUT2D eigenvalue weighted by atomic mass is 9.55. The Bertz CT molecular complexity index is 2540. The van der Waals surface area contributed by atoms with Crippen LogP contribution in [0.1, 0.15) is 73.2 Å². The van der Waals surface area contributed by atoms with E-state index < -0.39 is 5.41 Å². The Labute approximate surface area is 304 Å². The predicted molar refractivity (Wildman–Crippen MR) is 212 cm³/mol. The number of rotatable bonds is 3. The fourth-order valence-electron chi connectivity index (χ4n) is 10.0. The van der Waals surface area contributed by atoms with E-state index in [2.05, 4.69) is 138 Å². The number of allylic oxidation sites excluding steroid dienone is 8. The molecule has 1 fully saturated rings. The summed E-state index contributed by atoms with van der Waals surface area (Å²) < 4.78 is 16.7. The van der Waals surface area contributed by atoms with Crippen LogP contribution in [0.3, 0.4) is 0 Å². The van der Waals surface area contributed by atoms with E-state index in [0.29, 0.717) is 6.04 Å². The molecule has 4 unspecified atom stereocenters. The second-order valence-corrected chi connectivity index (χ2v) is 15.0. The van der Waals surface area contributed by atoms with Gasteiger partial charge in [0.25, 0.3) is 0 Å². The highest BCUT2D eigenvalue weighted by Gasteiger charge is 2.58. The average molecular weight is 677 g/mol. The molecule has 4 heterocycles. The molecule has 4 nitrogen and oxygen atoms in total. The van der Waals surface area contributed by atoms with Crippen molar-refractivity contribution in [2.75, 3.05) is 0 Å². The van der Waals surface area contributed by atoms with Gasteiger partial charge in [-0.1, -0.05) is 103 Å². The largest absolute Gasteiger partial charge is 0.485 e. The second-order valence-electron chi connectivity index (χ2n) is 15.0. The number of para-hydroxylation sites is 2. The molecule has 0 bridgehead atoms. The third-order valence-electron chi connectivity index (χ3n) is 12.2. The number of benzene rings is 4. The molecule has 1 spiro atoms. The van der Waals surface area contributed by atoms with E-state index in [9.17, 15) is 0 Å². The van der Waals surface area contributed by atoms with Gasteiger partial charge in [-0.3, -0.25) is 4.99 Å². The Kier molecular flexibility index (Phi) is 6.77. The van der Waals surface area contributed by atoms with Crippen molar-refractivity contribution >= 4 is 39.3 Å². The minimum absolute atomic E-state index is 0.00148. The van der Waals surface area contributed by atoms with Crippen LogP contribution in [0.4, 0.5) is 0 Å². The van der Waals surface area contributed by atoms with Gasteiger partial charge in [0.05, 0.1) is 22.7 Å². The number of ether oxygens (including phenoxy) is 2. The topological polar surface area (TPSA) is 35.8 Å². The molecule has 1 aromatic heterocycles. The van der Waals surface area contributed by atoms with E-state index in [0.717, 1.165) is 67.0 Å². The first-order chi connectivity index (χ1) is 25.8. The van der Waals surface area contributed by atoms with Crippen molar-refractivity contribution in [1.29, 1.82) is 0 Å². The van der Waals surface area contributed by atoms with Gasteiger partial charge in [0.2, 0.25) is 0 Å². The Balaban J connectivity index is 1.11. The Hall–Kier alpha value is -5.61. The van der Waals surface area contributed by atoms with Crippen LogP contribution in [0.25, 0.3) is 33.1 Å². The summed E-state index contributed by atoms with van der Waals surface area (Å²) in [5, 5.41) is 2.63. The molecule has 11 rings (SSSR count). The van der Waals surface area contributed by atoms with Crippen LogP contribution in [-0.4, -0.2) is 16.9 Å². The van der Waals surface area contributed by atoms with Gasteiger partial charge in [-0.15, -0.1) is 0 Å². The van der Waals surface area contributed by atoms with Gasteiger partial charge in [0, 0.05) is 56.3 Å². The van der Waals surface area contributed by atoms with Crippen LogP contribution >= 0.6 is 0 Å².